The molecule has 0 saturated carbocycles. The van der Waals surface area contributed by atoms with Crippen molar-refractivity contribution in [1.29, 1.82) is 0 Å². The maximum absolute atomic E-state index is 13.2. The van der Waals surface area contributed by atoms with Crippen LogP contribution in [0.2, 0.25) is 0 Å². The predicted octanol–water partition coefficient (Wildman–Crippen LogP) is 5.43. The fourth-order valence-electron chi connectivity index (χ4n) is 4.21. The zero-order valence-corrected chi connectivity index (χ0v) is 20.3. The number of urea groups is 1. The van der Waals surface area contributed by atoms with Crippen molar-refractivity contribution in [3.8, 4) is 0 Å². The first kappa shape index (κ1) is 24.1. The SMILES string of the molecule is CCN(Cc1ccccc1)c1ccc(C2NC(=O)NC(c3ccccc3)=C2C(=O)OC(C)C)cc1. The molecule has 1 aliphatic rings. The summed E-state index contributed by atoms with van der Waals surface area (Å²) in [6.07, 6.45) is -0.288. The van der Waals surface area contributed by atoms with Gasteiger partial charge in [0.1, 0.15) is 0 Å². The highest BCUT2D eigenvalue weighted by molar-refractivity contribution is 6.04. The number of ether oxygens (including phenoxy) is 1. The smallest absolute Gasteiger partial charge is 0.338 e. The van der Waals surface area contributed by atoms with E-state index in [1.807, 2.05) is 86.6 Å². The van der Waals surface area contributed by atoms with E-state index in [1.165, 1.54) is 5.56 Å². The molecule has 1 aliphatic heterocycles. The van der Waals surface area contributed by atoms with Crippen LogP contribution in [0.5, 0.6) is 0 Å². The van der Waals surface area contributed by atoms with Gasteiger partial charge in [-0.25, -0.2) is 9.59 Å². The first-order valence-electron chi connectivity index (χ1n) is 11.9. The van der Waals surface area contributed by atoms with Gasteiger partial charge in [0.2, 0.25) is 0 Å². The normalized spacial score (nSPS) is 15.4. The fourth-order valence-corrected chi connectivity index (χ4v) is 4.21. The summed E-state index contributed by atoms with van der Waals surface area (Å²) in [7, 11) is 0. The van der Waals surface area contributed by atoms with E-state index in [2.05, 4.69) is 34.6 Å². The molecular weight excluding hydrogens is 438 g/mol. The van der Waals surface area contributed by atoms with Gasteiger partial charge in [-0.15, -0.1) is 0 Å². The lowest BCUT2D eigenvalue weighted by Crippen LogP contribution is -2.45. The Bertz CT molecular complexity index is 1190. The number of esters is 1. The molecule has 0 radical (unpaired) electrons. The molecule has 0 fully saturated rings. The molecule has 2 N–H and O–H groups in total. The molecule has 4 rings (SSSR count). The molecule has 6 heteroatoms. The molecule has 0 bridgehead atoms. The van der Waals surface area contributed by atoms with Crippen LogP contribution < -0.4 is 15.5 Å². The second kappa shape index (κ2) is 10.9. The Labute approximate surface area is 206 Å². The summed E-state index contributed by atoms with van der Waals surface area (Å²) in [5.74, 6) is -0.459. The van der Waals surface area contributed by atoms with Gasteiger partial charge in [-0.2, -0.15) is 0 Å². The van der Waals surface area contributed by atoms with Crippen molar-refractivity contribution in [2.24, 2.45) is 0 Å². The lowest BCUT2D eigenvalue weighted by Gasteiger charge is -2.30. The van der Waals surface area contributed by atoms with Crippen LogP contribution in [0.3, 0.4) is 0 Å². The van der Waals surface area contributed by atoms with Gasteiger partial charge >= 0.3 is 12.0 Å². The molecular formula is C29H31N3O3. The third kappa shape index (κ3) is 5.72. The molecule has 6 nitrogen and oxygen atoms in total. The molecule has 1 heterocycles. The number of hydrogen-bond donors (Lipinski definition) is 2. The molecule has 3 aromatic carbocycles. The Balaban J connectivity index is 1.69. The topological polar surface area (TPSA) is 70.7 Å². The van der Waals surface area contributed by atoms with Crippen molar-refractivity contribution in [2.45, 2.75) is 39.5 Å². The molecule has 3 aromatic rings. The number of hydrogen-bond acceptors (Lipinski definition) is 4. The van der Waals surface area contributed by atoms with Gasteiger partial charge in [-0.1, -0.05) is 72.8 Å². The van der Waals surface area contributed by atoms with Crippen LogP contribution in [0.4, 0.5) is 10.5 Å². The summed E-state index contributed by atoms with van der Waals surface area (Å²) in [5.41, 5.74) is 4.71. The minimum atomic E-state index is -0.636. The number of nitrogens with one attached hydrogen (secondary N) is 2. The lowest BCUT2D eigenvalue weighted by molar-refractivity contribution is -0.143. The van der Waals surface area contributed by atoms with Gasteiger partial charge in [-0.3, -0.25) is 0 Å². The van der Waals surface area contributed by atoms with Crippen molar-refractivity contribution in [1.82, 2.24) is 10.6 Å². The molecule has 180 valence electrons. The van der Waals surface area contributed by atoms with Crippen LogP contribution in [0.15, 0.2) is 90.5 Å². The quantitative estimate of drug-likeness (QED) is 0.432. The zero-order valence-electron chi connectivity index (χ0n) is 20.3. The Kier molecular flexibility index (Phi) is 7.51. The van der Waals surface area contributed by atoms with E-state index >= 15 is 0 Å². The number of carbonyl (C=O) groups excluding carboxylic acids is 2. The summed E-state index contributed by atoms with van der Waals surface area (Å²) in [5, 5.41) is 5.74. The van der Waals surface area contributed by atoms with Gasteiger partial charge in [-0.05, 0) is 49.6 Å². The highest BCUT2D eigenvalue weighted by Crippen LogP contribution is 2.33. The number of benzene rings is 3. The zero-order chi connectivity index (χ0) is 24.8. The minimum absolute atomic E-state index is 0.288. The number of nitrogens with zero attached hydrogens (tertiary/aromatic N) is 1. The van der Waals surface area contributed by atoms with Crippen molar-refractivity contribution in [3.63, 3.8) is 0 Å². The summed E-state index contributed by atoms with van der Waals surface area (Å²) < 4.78 is 5.58. The Hall–Kier alpha value is -4.06. The Morgan fingerprint density at radius 3 is 2.17 bits per heavy atom. The first-order valence-corrected chi connectivity index (χ1v) is 11.9. The largest absolute Gasteiger partial charge is 0.459 e. The minimum Gasteiger partial charge on any atom is -0.459 e. The van der Waals surface area contributed by atoms with Crippen LogP contribution in [-0.4, -0.2) is 24.6 Å². The third-order valence-corrected chi connectivity index (χ3v) is 5.89. The Morgan fingerprint density at radius 2 is 1.57 bits per heavy atom. The number of anilines is 1. The van der Waals surface area contributed by atoms with E-state index in [9.17, 15) is 9.59 Å². The summed E-state index contributed by atoms with van der Waals surface area (Å²) in [6.45, 7) is 7.39. The highest BCUT2D eigenvalue weighted by Gasteiger charge is 2.34. The standard InChI is InChI=1S/C29H31N3O3/c1-4-32(19-21-11-7-5-8-12-21)24-17-15-23(16-18-24)27-25(28(33)35-20(2)3)26(30-29(34)31-27)22-13-9-6-10-14-22/h5-18,20,27H,4,19H2,1-3H3,(H2,30,31,34). The molecule has 2 amide bonds. The molecule has 0 aliphatic carbocycles. The predicted molar refractivity (Wildman–Crippen MR) is 139 cm³/mol. The van der Waals surface area contributed by atoms with E-state index in [-0.39, 0.29) is 12.1 Å². The average Bonchev–Trinajstić information content (AvgIpc) is 2.87. The van der Waals surface area contributed by atoms with Crippen LogP contribution in [0, 0.1) is 0 Å². The van der Waals surface area contributed by atoms with Gasteiger partial charge in [0.15, 0.2) is 0 Å². The number of carbonyl (C=O) groups is 2. The summed E-state index contributed by atoms with van der Waals surface area (Å²) in [6, 6.07) is 26.7. The lowest BCUT2D eigenvalue weighted by atomic mass is 9.92. The van der Waals surface area contributed by atoms with Crippen molar-refractivity contribution < 1.29 is 14.3 Å². The van der Waals surface area contributed by atoms with Crippen molar-refractivity contribution >= 4 is 23.4 Å². The van der Waals surface area contributed by atoms with E-state index in [1.54, 1.807) is 0 Å². The summed E-state index contributed by atoms with van der Waals surface area (Å²) >= 11 is 0. The van der Waals surface area contributed by atoms with Crippen molar-refractivity contribution in [2.75, 3.05) is 11.4 Å². The molecule has 0 aromatic heterocycles. The van der Waals surface area contributed by atoms with Gasteiger partial charge in [0.05, 0.1) is 23.4 Å². The molecule has 35 heavy (non-hydrogen) atoms. The molecule has 0 spiro atoms. The van der Waals surface area contributed by atoms with Crippen LogP contribution in [0.25, 0.3) is 5.70 Å². The highest BCUT2D eigenvalue weighted by atomic mass is 16.5. The number of amides is 2. The molecule has 1 unspecified atom stereocenters. The van der Waals surface area contributed by atoms with Crippen LogP contribution >= 0.6 is 0 Å². The van der Waals surface area contributed by atoms with Gasteiger partial charge in [0, 0.05) is 18.8 Å². The second-order valence-corrected chi connectivity index (χ2v) is 8.73. The second-order valence-electron chi connectivity index (χ2n) is 8.73. The van der Waals surface area contributed by atoms with Crippen LogP contribution in [-0.2, 0) is 16.1 Å². The van der Waals surface area contributed by atoms with E-state index in [4.69, 9.17) is 4.74 Å². The van der Waals surface area contributed by atoms with Crippen LogP contribution in [0.1, 0.15) is 43.5 Å². The van der Waals surface area contributed by atoms with Crippen molar-refractivity contribution in [3.05, 3.63) is 107 Å². The molecule has 1 atom stereocenters. The first-order chi connectivity index (χ1) is 17.0. The van der Waals surface area contributed by atoms with E-state index < -0.39 is 12.0 Å². The summed E-state index contributed by atoms with van der Waals surface area (Å²) in [4.78, 5) is 28.1. The maximum atomic E-state index is 13.2. The molecule has 0 saturated heterocycles. The van der Waals surface area contributed by atoms with Gasteiger partial charge < -0.3 is 20.3 Å². The maximum Gasteiger partial charge on any atom is 0.338 e. The number of rotatable bonds is 8. The van der Waals surface area contributed by atoms with E-state index in [0.29, 0.717) is 11.3 Å². The fraction of sp³-hybridized carbons (Fsp3) is 0.241. The van der Waals surface area contributed by atoms with Gasteiger partial charge in [0.25, 0.3) is 0 Å². The third-order valence-electron chi connectivity index (χ3n) is 5.89. The van der Waals surface area contributed by atoms with E-state index in [0.717, 1.165) is 29.9 Å². The Morgan fingerprint density at radius 1 is 0.943 bits per heavy atom. The monoisotopic (exact) mass is 469 g/mol. The average molecular weight is 470 g/mol.